The number of hydrogen-bond donors (Lipinski definition) is 2. The van der Waals surface area contributed by atoms with Crippen molar-refractivity contribution in [3.63, 3.8) is 0 Å². The van der Waals surface area contributed by atoms with Gasteiger partial charge in [-0.25, -0.2) is 0 Å². The van der Waals surface area contributed by atoms with Gasteiger partial charge in [-0.05, 0) is 19.1 Å². The second-order valence-electron chi connectivity index (χ2n) is 6.17. The summed E-state index contributed by atoms with van der Waals surface area (Å²) in [5.41, 5.74) is 2.50. The number of aromatic amines is 1. The lowest BCUT2D eigenvalue weighted by atomic mass is 9.90. The molecule has 0 atom stereocenters. The van der Waals surface area contributed by atoms with Crippen LogP contribution in [0, 0.1) is 6.92 Å². The summed E-state index contributed by atoms with van der Waals surface area (Å²) in [6.45, 7) is 10.2. The van der Waals surface area contributed by atoms with E-state index in [1.807, 2.05) is 45.0 Å². The fraction of sp³-hybridized carbons (Fsp3) is 0.333. The molecule has 0 bridgehead atoms. The number of carbonyl (C=O) groups excluding carboxylic acids is 1. The van der Waals surface area contributed by atoms with Crippen molar-refractivity contribution in [2.24, 2.45) is 0 Å². The first-order valence-corrected chi connectivity index (χ1v) is 7.30. The molecule has 0 aliphatic carbocycles. The van der Waals surface area contributed by atoms with Gasteiger partial charge in [0.15, 0.2) is 5.75 Å². The fourth-order valence-electron chi connectivity index (χ4n) is 2.11. The monoisotopic (exact) mass is 316 g/mol. The molecule has 0 saturated carbocycles. The molecule has 0 amide bonds. The molecule has 0 radical (unpaired) electrons. The zero-order valence-corrected chi connectivity index (χ0v) is 14.3. The number of hydrogen-bond acceptors (Lipinski definition) is 4. The van der Waals surface area contributed by atoms with E-state index in [2.05, 4.69) is 31.1 Å². The van der Waals surface area contributed by atoms with Gasteiger partial charge < -0.3 is 19.8 Å². The topological polar surface area (TPSA) is 71.2 Å². The zero-order valence-electron chi connectivity index (χ0n) is 14.3. The molecule has 2 N–H and O–H groups in total. The normalized spacial score (nSPS) is 10.5. The zero-order chi connectivity index (χ0) is 17.6. The lowest BCUT2D eigenvalue weighted by Crippen LogP contribution is -2.22. The van der Waals surface area contributed by atoms with Crippen molar-refractivity contribution in [3.8, 4) is 11.5 Å². The molecule has 23 heavy (non-hydrogen) atoms. The van der Waals surface area contributed by atoms with Crippen LogP contribution in [-0.2, 0) is 10.2 Å². The van der Waals surface area contributed by atoms with Crippen molar-refractivity contribution in [1.82, 2.24) is 4.98 Å². The van der Waals surface area contributed by atoms with Gasteiger partial charge in [0.2, 0.25) is 0 Å². The molecule has 0 saturated heterocycles. The van der Waals surface area contributed by atoms with Crippen LogP contribution < -0.4 is 15.6 Å². The minimum absolute atomic E-state index is 0.153. The van der Waals surface area contributed by atoms with Gasteiger partial charge in [0.25, 0.3) is 5.56 Å². The Labute approximate surface area is 136 Å². The molecule has 5 nitrogen and oxygen atoms in total. The fourth-order valence-corrected chi connectivity index (χ4v) is 2.11. The van der Waals surface area contributed by atoms with Crippen molar-refractivity contribution in [1.29, 1.82) is 0 Å². The van der Waals surface area contributed by atoms with Crippen molar-refractivity contribution < 1.29 is 9.53 Å². The number of aromatic nitrogens is 1. The van der Waals surface area contributed by atoms with Gasteiger partial charge in [0, 0.05) is 24.2 Å². The summed E-state index contributed by atoms with van der Waals surface area (Å²) in [6.07, 6.45) is 0. The van der Waals surface area contributed by atoms with Crippen LogP contribution in [-0.4, -0.2) is 18.8 Å². The Bertz CT molecular complexity index is 698. The third kappa shape index (κ3) is 4.71. The third-order valence-electron chi connectivity index (χ3n) is 3.28. The number of aryl methyl sites for hydroxylation is 1. The molecule has 0 unspecified atom stereocenters. The molecule has 0 fully saturated rings. The maximum atomic E-state index is 12.2. The lowest BCUT2D eigenvalue weighted by molar-refractivity contribution is -0.0979. The number of ether oxygens (including phenoxy) is 1. The summed E-state index contributed by atoms with van der Waals surface area (Å²) < 4.78 is 5.69. The van der Waals surface area contributed by atoms with Crippen molar-refractivity contribution in [2.45, 2.75) is 33.1 Å². The molecule has 124 valence electrons. The molecule has 2 aromatic rings. The maximum absolute atomic E-state index is 12.2. The summed E-state index contributed by atoms with van der Waals surface area (Å²) in [5, 5.41) is 3.11. The first-order chi connectivity index (χ1) is 10.8. The highest BCUT2D eigenvalue weighted by Crippen LogP contribution is 2.29. The molecule has 0 aliphatic rings. The average Bonchev–Trinajstić information content (AvgIpc) is 2.52. The number of benzene rings is 1. The summed E-state index contributed by atoms with van der Waals surface area (Å²) in [5.74, 6) is 0.938. The number of nitrogens with one attached hydrogen (secondary N) is 2. The molecule has 2 rings (SSSR count). The van der Waals surface area contributed by atoms with Crippen molar-refractivity contribution in [3.05, 3.63) is 51.9 Å². The first-order valence-electron chi connectivity index (χ1n) is 7.30. The minimum Gasteiger partial charge on any atom is -0.451 e. The maximum Gasteiger partial charge on any atom is 0.291 e. The van der Waals surface area contributed by atoms with E-state index in [0.29, 0.717) is 5.75 Å². The van der Waals surface area contributed by atoms with Crippen LogP contribution in [0.2, 0.25) is 0 Å². The number of carbonyl (C=O) groups is 1. The second kappa shape index (κ2) is 7.63. The van der Waals surface area contributed by atoms with Gasteiger partial charge in [0.05, 0.1) is 5.69 Å². The van der Waals surface area contributed by atoms with E-state index in [1.54, 1.807) is 6.07 Å². The summed E-state index contributed by atoms with van der Waals surface area (Å²) in [6, 6.07) is 9.36. The van der Waals surface area contributed by atoms with Crippen LogP contribution in [0.1, 0.15) is 32.0 Å². The summed E-state index contributed by atoms with van der Waals surface area (Å²) >= 11 is 0. The Balaban J connectivity index is 0.00000127. The predicted octanol–water partition coefficient (Wildman–Crippen LogP) is 3.63. The molecule has 1 aromatic heterocycles. The Morgan fingerprint density at radius 2 is 1.70 bits per heavy atom. The largest absolute Gasteiger partial charge is 0.451 e. The molecule has 5 heteroatoms. The van der Waals surface area contributed by atoms with Gasteiger partial charge in [-0.3, -0.25) is 4.79 Å². The first kappa shape index (κ1) is 18.5. The van der Waals surface area contributed by atoms with E-state index in [1.165, 1.54) is 0 Å². The highest BCUT2D eigenvalue weighted by atomic mass is 16.5. The van der Waals surface area contributed by atoms with Crippen LogP contribution >= 0.6 is 0 Å². The number of pyridine rings is 1. The van der Waals surface area contributed by atoms with Crippen LogP contribution in [0.3, 0.4) is 0 Å². The van der Waals surface area contributed by atoms with Gasteiger partial charge in [-0.2, -0.15) is 0 Å². The van der Waals surface area contributed by atoms with Crippen LogP contribution in [0.25, 0.3) is 0 Å². The van der Waals surface area contributed by atoms with Crippen molar-refractivity contribution in [2.75, 3.05) is 12.4 Å². The standard InChI is InChI=1S/C17H22N2O2.CH2O/c1-11-6-8-12(9-7-11)21-14-10-13(18-5)15(17(2,3)4)19-16(14)20;1-2/h6-10,18H,1-5H3,(H,19,20);1H2. The SMILES string of the molecule is C=O.CNc1cc(Oc2ccc(C)cc2)c(=O)[nH]c1C(C)(C)C. The third-order valence-corrected chi connectivity index (χ3v) is 3.28. The highest BCUT2D eigenvalue weighted by molar-refractivity contribution is 5.54. The van der Waals surface area contributed by atoms with E-state index >= 15 is 0 Å². The Kier molecular flexibility index (Phi) is 6.13. The quantitative estimate of drug-likeness (QED) is 0.907. The predicted molar refractivity (Wildman–Crippen MR) is 93.7 cm³/mol. The highest BCUT2D eigenvalue weighted by Gasteiger charge is 2.20. The van der Waals surface area contributed by atoms with E-state index < -0.39 is 0 Å². The minimum atomic E-state index is -0.223. The van der Waals surface area contributed by atoms with Crippen molar-refractivity contribution >= 4 is 12.5 Å². The van der Waals surface area contributed by atoms with Gasteiger partial charge in [-0.1, -0.05) is 38.5 Å². The van der Waals surface area contributed by atoms with E-state index in [-0.39, 0.29) is 16.7 Å². The molecular formula is C18H24N2O3. The molecule has 1 heterocycles. The van der Waals surface area contributed by atoms with E-state index in [0.717, 1.165) is 16.9 Å². The van der Waals surface area contributed by atoms with Gasteiger partial charge in [0.1, 0.15) is 12.5 Å². The Hall–Kier alpha value is -2.56. The molecule has 0 spiro atoms. The van der Waals surface area contributed by atoms with Gasteiger partial charge in [-0.15, -0.1) is 0 Å². The summed E-state index contributed by atoms with van der Waals surface area (Å²) in [7, 11) is 1.83. The van der Waals surface area contributed by atoms with E-state index in [4.69, 9.17) is 9.53 Å². The molecule has 1 aromatic carbocycles. The van der Waals surface area contributed by atoms with Gasteiger partial charge >= 0.3 is 0 Å². The molecular weight excluding hydrogens is 292 g/mol. The Morgan fingerprint density at radius 1 is 1.13 bits per heavy atom. The smallest absolute Gasteiger partial charge is 0.291 e. The molecule has 0 aliphatic heterocycles. The second-order valence-corrected chi connectivity index (χ2v) is 6.17. The van der Waals surface area contributed by atoms with Crippen LogP contribution in [0.15, 0.2) is 35.1 Å². The Morgan fingerprint density at radius 3 is 2.17 bits per heavy atom. The summed E-state index contributed by atoms with van der Waals surface area (Å²) in [4.78, 5) is 23.1. The lowest BCUT2D eigenvalue weighted by Gasteiger charge is -2.22. The van der Waals surface area contributed by atoms with Crippen LogP contribution in [0.5, 0.6) is 11.5 Å². The number of H-pyrrole nitrogens is 1. The average molecular weight is 316 g/mol. The van der Waals surface area contributed by atoms with E-state index in [9.17, 15) is 4.79 Å². The number of rotatable bonds is 3. The van der Waals surface area contributed by atoms with Crippen LogP contribution in [0.4, 0.5) is 5.69 Å². The number of anilines is 1.